The van der Waals surface area contributed by atoms with E-state index in [0.29, 0.717) is 18.4 Å². The molecule has 0 aromatic heterocycles. The number of hydrogen-bond donors (Lipinski definition) is 0. The van der Waals surface area contributed by atoms with Crippen molar-refractivity contribution < 1.29 is 9.53 Å². The maximum Gasteiger partial charge on any atom is 0.223 e. The standard InChI is InChI=1S/C11H18N2O2/c1-3-15-10-6-9(7-10)8-11(14)13(2)5-4-12/h9-10H,3,5-8H2,1-2H3. The summed E-state index contributed by atoms with van der Waals surface area (Å²) in [6.45, 7) is 2.92. The largest absolute Gasteiger partial charge is 0.378 e. The van der Waals surface area contributed by atoms with Gasteiger partial charge in [-0.1, -0.05) is 0 Å². The molecule has 0 aromatic carbocycles. The smallest absolute Gasteiger partial charge is 0.223 e. The number of rotatable bonds is 5. The van der Waals surface area contributed by atoms with Gasteiger partial charge in [0.1, 0.15) is 6.54 Å². The van der Waals surface area contributed by atoms with E-state index in [1.165, 1.54) is 4.90 Å². The molecule has 0 aliphatic heterocycles. The van der Waals surface area contributed by atoms with Crippen LogP contribution in [0.2, 0.25) is 0 Å². The first-order chi connectivity index (χ1) is 7.17. The Bertz CT molecular complexity index is 254. The predicted molar refractivity (Wildman–Crippen MR) is 56.0 cm³/mol. The first kappa shape index (κ1) is 12.0. The first-order valence-electron chi connectivity index (χ1n) is 5.39. The van der Waals surface area contributed by atoms with Crippen molar-refractivity contribution >= 4 is 5.91 Å². The lowest BCUT2D eigenvalue weighted by Gasteiger charge is -2.35. The monoisotopic (exact) mass is 210 g/mol. The van der Waals surface area contributed by atoms with E-state index in [0.717, 1.165) is 19.4 Å². The normalized spacial score (nSPS) is 24.1. The molecule has 15 heavy (non-hydrogen) atoms. The number of amides is 1. The summed E-state index contributed by atoms with van der Waals surface area (Å²) < 4.78 is 5.42. The van der Waals surface area contributed by atoms with Gasteiger partial charge in [0, 0.05) is 20.1 Å². The SMILES string of the molecule is CCOC1CC(CC(=O)N(C)CC#N)C1. The highest BCUT2D eigenvalue weighted by molar-refractivity contribution is 5.76. The van der Waals surface area contributed by atoms with E-state index >= 15 is 0 Å². The number of carbonyl (C=O) groups is 1. The number of nitriles is 1. The van der Waals surface area contributed by atoms with Gasteiger partial charge in [-0.2, -0.15) is 5.26 Å². The Hall–Kier alpha value is -1.08. The highest BCUT2D eigenvalue weighted by Gasteiger charge is 2.31. The van der Waals surface area contributed by atoms with Crippen molar-refractivity contribution in [1.82, 2.24) is 4.90 Å². The number of ether oxygens (including phenoxy) is 1. The van der Waals surface area contributed by atoms with E-state index < -0.39 is 0 Å². The van der Waals surface area contributed by atoms with Gasteiger partial charge in [0.25, 0.3) is 0 Å². The molecule has 1 aliphatic carbocycles. The van der Waals surface area contributed by atoms with Crippen molar-refractivity contribution in [1.29, 1.82) is 5.26 Å². The number of nitrogens with zero attached hydrogens (tertiary/aromatic N) is 2. The van der Waals surface area contributed by atoms with Crippen LogP contribution in [-0.4, -0.2) is 37.1 Å². The summed E-state index contributed by atoms with van der Waals surface area (Å²) in [5, 5.41) is 8.44. The Morgan fingerprint density at radius 3 is 2.80 bits per heavy atom. The van der Waals surface area contributed by atoms with Gasteiger partial charge in [-0.05, 0) is 25.7 Å². The summed E-state index contributed by atoms with van der Waals surface area (Å²) in [7, 11) is 1.67. The Morgan fingerprint density at radius 1 is 1.60 bits per heavy atom. The fraction of sp³-hybridized carbons (Fsp3) is 0.818. The van der Waals surface area contributed by atoms with Crippen molar-refractivity contribution in [3.05, 3.63) is 0 Å². The van der Waals surface area contributed by atoms with Crippen LogP contribution in [0.5, 0.6) is 0 Å². The zero-order valence-corrected chi connectivity index (χ0v) is 9.40. The summed E-state index contributed by atoms with van der Waals surface area (Å²) in [6, 6.07) is 1.97. The van der Waals surface area contributed by atoms with Crippen LogP contribution in [0.1, 0.15) is 26.2 Å². The second-order valence-electron chi connectivity index (χ2n) is 4.03. The molecule has 1 amide bonds. The van der Waals surface area contributed by atoms with Crippen LogP contribution in [0.15, 0.2) is 0 Å². The molecule has 0 saturated heterocycles. The summed E-state index contributed by atoms with van der Waals surface area (Å²) in [5.41, 5.74) is 0. The van der Waals surface area contributed by atoms with Gasteiger partial charge in [0.15, 0.2) is 0 Å². The van der Waals surface area contributed by atoms with Crippen LogP contribution in [0.4, 0.5) is 0 Å². The van der Waals surface area contributed by atoms with E-state index in [1.807, 2.05) is 13.0 Å². The van der Waals surface area contributed by atoms with Gasteiger partial charge < -0.3 is 9.64 Å². The van der Waals surface area contributed by atoms with Gasteiger partial charge in [0.05, 0.1) is 12.2 Å². The zero-order valence-electron chi connectivity index (χ0n) is 9.40. The maximum atomic E-state index is 11.5. The predicted octanol–water partition coefficient (Wildman–Crippen LogP) is 1.17. The van der Waals surface area contributed by atoms with Crippen LogP contribution in [0.3, 0.4) is 0 Å². The van der Waals surface area contributed by atoms with Gasteiger partial charge in [-0.25, -0.2) is 0 Å². The fourth-order valence-corrected chi connectivity index (χ4v) is 1.81. The Kier molecular flexibility index (Phi) is 4.57. The summed E-state index contributed by atoms with van der Waals surface area (Å²) in [4.78, 5) is 13.0. The second-order valence-corrected chi connectivity index (χ2v) is 4.03. The molecule has 0 spiro atoms. The molecule has 0 atom stereocenters. The molecule has 4 heteroatoms. The lowest BCUT2D eigenvalue weighted by molar-refractivity contribution is -0.132. The molecular weight excluding hydrogens is 192 g/mol. The Labute approximate surface area is 90.8 Å². The molecule has 1 fully saturated rings. The molecule has 1 rings (SSSR count). The molecule has 1 saturated carbocycles. The van der Waals surface area contributed by atoms with Crippen LogP contribution >= 0.6 is 0 Å². The first-order valence-corrected chi connectivity index (χ1v) is 5.39. The summed E-state index contributed by atoms with van der Waals surface area (Å²) in [5.74, 6) is 0.520. The van der Waals surface area contributed by atoms with E-state index in [9.17, 15) is 4.79 Å². The number of hydrogen-bond acceptors (Lipinski definition) is 3. The molecule has 0 unspecified atom stereocenters. The molecule has 0 bridgehead atoms. The van der Waals surface area contributed by atoms with Crippen molar-refractivity contribution in [2.24, 2.45) is 5.92 Å². The lowest BCUT2D eigenvalue weighted by Crippen LogP contribution is -2.36. The minimum atomic E-state index is 0.0662. The Morgan fingerprint density at radius 2 is 2.27 bits per heavy atom. The van der Waals surface area contributed by atoms with Crippen LogP contribution < -0.4 is 0 Å². The summed E-state index contributed by atoms with van der Waals surface area (Å²) >= 11 is 0. The zero-order chi connectivity index (χ0) is 11.3. The van der Waals surface area contributed by atoms with Crippen LogP contribution in [0, 0.1) is 17.2 Å². The van der Waals surface area contributed by atoms with Crippen molar-refractivity contribution in [2.45, 2.75) is 32.3 Å². The molecule has 4 nitrogen and oxygen atoms in total. The quantitative estimate of drug-likeness (QED) is 0.640. The van der Waals surface area contributed by atoms with E-state index in [2.05, 4.69) is 0 Å². The molecular formula is C11H18N2O2. The third kappa shape index (κ3) is 3.52. The van der Waals surface area contributed by atoms with Crippen LogP contribution in [-0.2, 0) is 9.53 Å². The molecule has 0 N–H and O–H groups in total. The van der Waals surface area contributed by atoms with E-state index in [4.69, 9.17) is 10.00 Å². The minimum absolute atomic E-state index is 0.0662. The van der Waals surface area contributed by atoms with Crippen LogP contribution in [0.25, 0.3) is 0 Å². The molecule has 84 valence electrons. The van der Waals surface area contributed by atoms with E-state index in [-0.39, 0.29) is 12.5 Å². The van der Waals surface area contributed by atoms with Gasteiger partial charge in [-0.15, -0.1) is 0 Å². The van der Waals surface area contributed by atoms with E-state index in [1.54, 1.807) is 7.05 Å². The van der Waals surface area contributed by atoms with Crippen molar-refractivity contribution in [2.75, 3.05) is 20.2 Å². The van der Waals surface area contributed by atoms with Crippen molar-refractivity contribution in [3.63, 3.8) is 0 Å². The highest BCUT2D eigenvalue weighted by atomic mass is 16.5. The summed E-state index contributed by atoms with van der Waals surface area (Å²) in [6.07, 6.45) is 2.89. The van der Waals surface area contributed by atoms with Gasteiger partial charge >= 0.3 is 0 Å². The van der Waals surface area contributed by atoms with Gasteiger partial charge in [-0.3, -0.25) is 4.79 Å². The average Bonchev–Trinajstić information content (AvgIpc) is 2.14. The molecule has 1 aliphatic rings. The fourth-order valence-electron chi connectivity index (χ4n) is 1.81. The molecule has 0 radical (unpaired) electrons. The Balaban J connectivity index is 2.16. The van der Waals surface area contributed by atoms with Crippen molar-refractivity contribution in [3.8, 4) is 6.07 Å². The topological polar surface area (TPSA) is 53.3 Å². The average molecular weight is 210 g/mol. The highest BCUT2D eigenvalue weighted by Crippen LogP contribution is 2.32. The molecule has 0 heterocycles. The third-order valence-electron chi connectivity index (χ3n) is 2.79. The van der Waals surface area contributed by atoms with Gasteiger partial charge in [0.2, 0.25) is 5.91 Å². The minimum Gasteiger partial charge on any atom is -0.378 e. The molecule has 0 aromatic rings. The second kappa shape index (κ2) is 5.72. The number of carbonyl (C=O) groups excluding carboxylic acids is 1. The third-order valence-corrected chi connectivity index (χ3v) is 2.79. The lowest BCUT2D eigenvalue weighted by atomic mass is 9.80. The maximum absolute atomic E-state index is 11.5.